The summed E-state index contributed by atoms with van der Waals surface area (Å²) in [5, 5.41) is 4.29. The van der Waals surface area contributed by atoms with Crippen LogP contribution in [0.4, 0.5) is 0 Å². The van der Waals surface area contributed by atoms with Crippen molar-refractivity contribution in [1.82, 2.24) is 10.2 Å². The lowest BCUT2D eigenvalue weighted by molar-refractivity contribution is -0.0190. The summed E-state index contributed by atoms with van der Waals surface area (Å²) in [6.45, 7) is 5.91. The smallest absolute Gasteiger partial charge is 0.0826 e. The molecule has 0 saturated carbocycles. The molecule has 100 valence electrons. The molecule has 1 fully saturated rings. The first-order valence-electron chi connectivity index (χ1n) is 6.44. The number of ether oxygens (including phenoxy) is 1. The second-order valence-corrected chi connectivity index (χ2v) is 5.37. The fourth-order valence-electron chi connectivity index (χ4n) is 2.17. The topological polar surface area (TPSA) is 24.5 Å². The number of hydrogen-bond donors (Lipinski definition) is 1. The van der Waals surface area contributed by atoms with Gasteiger partial charge in [-0.05, 0) is 31.7 Å². The van der Waals surface area contributed by atoms with Gasteiger partial charge in [0.25, 0.3) is 0 Å². The Morgan fingerprint density at radius 3 is 2.83 bits per heavy atom. The van der Waals surface area contributed by atoms with E-state index in [0.717, 1.165) is 31.3 Å². The monoisotopic (exact) mass is 268 g/mol. The van der Waals surface area contributed by atoms with Crippen LogP contribution < -0.4 is 5.32 Å². The summed E-state index contributed by atoms with van der Waals surface area (Å²) in [6, 6.07) is 8.31. The maximum Gasteiger partial charge on any atom is 0.0826 e. The van der Waals surface area contributed by atoms with Crippen LogP contribution in [0.2, 0.25) is 5.02 Å². The van der Waals surface area contributed by atoms with Gasteiger partial charge < -0.3 is 15.0 Å². The highest BCUT2D eigenvalue weighted by atomic mass is 35.5. The summed E-state index contributed by atoms with van der Waals surface area (Å²) in [5.41, 5.74) is 1.25. The fourth-order valence-corrected chi connectivity index (χ4v) is 2.29. The van der Waals surface area contributed by atoms with Gasteiger partial charge in [-0.25, -0.2) is 0 Å². The molecule has 18 heavy (non-hydrogen) atoms. The molecule has 1 aromatic carbocycles. The van der Waals surface area contributed by atoms with Gasteiger partial charge in [-0.1, -0.05) is 23.7 Å². The summed E-state index contributed by atoms with van der Waals surface area (Å²) in [5.74, 6) is 0. The van der Waals surface area contributed by atoms with Crippen molar-refractivity contribution in [2.24, 2.45) is 0 Å². The number of rotatable bonds is 4. The molecule has 1 aliphatic heterocycles. The van der Waals surface area contributed by atoms with Crippen LogP contribution in [0.3, 0.4) is 0 Å². The molecule has 0 aliphatic carbocycles. The van der Waals surface area contributed by atoms with Gasteiger partial charge in [0.1, 0.15) is 0 Å². The Labute approximate surface area is 114 Å². The Kier molecular flexibility index (Phi) is 5.01. The first-order valence-corrected chi connectivity index (χ1v) is 6.82. The molecular formula is C14H21ClN2O. The maximum atomic E-state index is 5.89. The van der Waals surface area contributed by atoms with Gasteiger partial charge in [0, 0.05) is 30.7 Å². The Hall–Kier alpha value is -0.610. The number of hydrogen-bond acceptors (Lipinski definition) is 3. The van der Waals surface area contributed by atoms with Gasteiger partial charge in [0.2, 0.25) is 0 Å². The fraction of sp³-hybridized carbons (Fsp3) is 0.571. The van der Waals surface area contributed by atoms with E-state index in [2.05, 4.69) is 36.3 Å². The molecular weight excluding hydrogens is 248 g/mol. The van der Waals surface area contributed by atoms with E-state index in [1.807, 2.05) is 12.1 Å². The molecule has 0 aromatic heterocycles. The lowest BCUT2D eigenvalue weighted by Crippen LogP contribution is -2.45. The van der Waals surface area contributed by atoms with Crippen LogP contribution in [0, 0.1) is 0 Å². The highest BCUT2D eigenvalue weighted by Gasteiger charge is 2.18. The van der Waals surface area contributed by atoms with Crippen molar-refractivity contribution in [2.45, 2.75) is 19.1 Å². The summed E-state index contributed by atoms with van der Waals surface area (Å²) < 4.78 is 5.73. The summed E-state index contributed by atoms with van der Waals surface area (Å²) >= 11 is 5.89. The third-order valence-electron chi connectivity index (χ3n) is 3.36. The lowest BCUT2D eigenvalue weighted by atomic mass is 10.1. The molecule has 1 heterocycles. The number of benzene rings is 1. The minimum absolute atomic E-state index is 0.290. The minimum Gasteiger partial charge on any atom is -0.374 e. The highest BCUT2D eigenvalue weighted by Crippen LogP contribution is 2.16. The zero-order chi connectivity index (χ0) is 13.0. The van der Waals surface area contributed by atoms with Gasteiger partial charge in [-0.15, -0.1) is 0 Å². The average Bonchev–Trinajstić information content (AvgIpc) is 2.37. The standard InChI is InChI=1S/C14H21ClN2O/c1-11(12-3-5-13(15)6-4-12)16-9-14-10-17(2)7-8-18-14/h3-6,11,14,16H,7-10H2,1-2H3/t11-,14+/m0/s1. The minimum atomic E-state index is 0.290. The van der Waals surface area contributed by atoms with Gasteiger partial charge in [0.15, 0.2) is 0 Å². The largest absolute Gasteiger partial charge is 0.374 e. The maximum absolute atomic E-state index is 5.89. The van der Waals surface area contributed by atoms with Gasteiger partial charge in [0.05, 0.1) is 12.7 Å². The van der Waals surface area contributed by atoms with E-state index in [9.17, 15) is 0 Å². The van der Waals surface area contributed by atoms with Crippen LogP contribution in [0.25, 0.3) is 0 Å². The van der Waals surface area contributed by atoms with E-state index in [0.29, 0.717) is 12.1 Å². The van der Waals surface area contributed by atoms with E-state index in [4.69, 9.17) is 16.3 Å². The van der Waals surface area contributed by atoms with Crippen molar-refractivity contribution in [1.29, 1.82) is 0 Å². The molecule has 1 saturated heterocycles. The molecule has 4 heteroatoms. The molecule has 0 spiro atoms. The second kappa shape index (κ2) is 6.53. The first-order chi connectivity index (χ1) is 8.65. The molecule has 2 atom stereocenters. The molecule has 3 nitrogen and oxygen atoms in total. The number of morpholine rings is 1. The van der Waals surface area contributed by atoms with Crippen molar-refractivity contribution in [2.75, 3.05) is 33.3 Å². The Morgan fingerprint density at radius 1 is 1.44 bits per heavy atom. The van der Waals surface area contributed by atoms with Crippen LogP contribution in [-0.2, 0) is 4.74 Å². The predicted molar refractivity (Wildman–Crippen MR) is 75.1 cm³/mol. The van der Waals surface area contributed by atoms with Gasteiger partial charge in [-0.3, -0.25) is 0 Å². The number of halogens is 1. The van der Waals surface area contributed by atoms with Gasteiger partial charge in [-0.2, -0.15) is 0 Å². The van der Waals surface area contributed by atoms with E-state index < -0.39 is 0 Å². The van der Waals surface area contributed by atoms with Crippen molar-refractivity contribution in [3.8, 4) is 0 Å². The molecule has 0 amide bonds. The van der Waals surface area contributed by atoms with E-state index in [-0.39, 0.29) is 0 Å². The molecule has 1 N–H and O–H groups in total. The number of likely N-dealkylation sites (N-methyl/N-ethyl adjacent to an activating group) is 1. The zero-order valence-corrected chi connectivity index (χ0v) is 11.8. The van der Waals surface area contributed by atoms with E-state index >= 15 is 0 Å². The van der Waals surface area contributed by atoms with Crippen molar-refractivity contribution in [3.05, 3.63) is 34.9 Å². The Balaban J connectivity index is 1.80. The third kappa shape index (κ3) is 3.95. The first kappa shape index (κ1) is 13.8. The Morgan fingerprint density at radius 2 is 2.17 bits per heavy atom. The van der Waals surface area contributed by atoms with Crippen LogP contribution in [-0.4, -0.2) is 44.3 Å². The summed E-state index contributed by atoms with van der Waals surface area (Å²) in [6.07, 6.45) is 0.290. The van der Waals surface area contributed by atoms with Crippen LogP contribution in [0.1, 0.15) is 18.5 Å². The quantitative estimate of drug-likeness (QED) is 0.907. The van der Waals surface area contributed by atoms with Crippen LogP contribution in [0.5, 0.6) is 0 Å². The summed E-state index contributed by atoms with van der Waals surface area (Å²) in [4.78, 5) is 2.31. The highest BCUT2D eigenvalue weighted by molar-refractivity contribution is 6.30. The third-order valence-corrected chi connectivity index (χ3v) is 3.62. The van der Waals surface area contributed by atoms with Crippen LogP contribution in [0.15, 0.2) is 24.3 Å². The van der Waals surface area contributed by atoms with Crippen molar-refractivity contribution >= 4 is 11.6 Å². The van der Waals surface area contributed by atoms with Crippen molar-refractivity contribution < 1.29 is 4.74 Å². The van der Waals surface area contributed by atoms with Crippen LogP contribution >= 0.6 is 11.6 Å². The number of nitrogens with one attached hydrogen (secondary N) is 1. The molecule has 0 unspecified atom stereocenters. The average molecular weight is 269 g/mol. The van der Waals surface area contributed by atoms with Crippen molar-refractivity contribution in [3.63, 3.8) is 0 Å². The second-order valence-electron chi connectivity index (χ2n) is 4.94. The molecule has 1 aliphatic rings. The summed E-state index contributed by atoms with van der Waals surface area (Å²) in [7, 11) is 2.14. The van der Waals surface area contributed by atoms with Gasteiger partial charge >= 0.3 is 0 Å². The molecule has 0 radical (unpaired) electrons. The Bertz CT molecular complexity index is 369. The molecule has 2 rings (SSSR count). The lowest BCUT2D eigenvalue weighted by Gasteiger charge is -2.31. The molecule has 1 aromatic rings. The SMILES string of the molecule is C[C@H](NC[C@@H]1CN(C)CCO1)c1ccc(Cl)cc1. The zero-order valence-electron chi connectivity index (χ0n) is 11.0. The normalized spacial score (nSPS) is 22.9. The predicted octanol–water partition coefficient (Wildman–Crippen LogP) is 2.32. The van der Waals surface area contributed by atoms with E-state index in [1.54, 1.807) is 0 Å². The number of nitrogens with zero attached hydrogens (tertiary/aromatic N) is 1. The van der Waals surface area contributed by atoms with E-state index in [1.165, 1.54) is 5.56 Å². The molecule has 0 bridgehead atoms.